The number of rotatable bonds is 5. The van der Waals surface area contributed by atoms with E-state index in [1.165, 1.54) is 38.0 Å². The Morgan fingerprint density at radius 2 is 1.92 bits per heavy atom. The largest absolute Gasteiger partial charge is 0.495 e. The highest BCUT2D eigenvalue weighted by Gasteiger charge is 2.62. The zero-order chi connectivity index (χ0) is 35.7. The Hall–Kier alpha value is -3.61. The lowest BCUT2D eigenvalue weighted by Crippen LogP contribution is -2.63. The molecule has 1 saturated heterocycles. The quantitative estimate of drug-likeness (QED) is 0.430. The maximum atomic E-state index is 14.0. The summed E-state index contributed by atoms with van der Waals surface area (Å²) in [7, 11) is 6.08. The van der Waals surface area contributed by atoms with E-state index >= 15 is 0 Å². The van der Waals surface area contributed by atoms with Gasteiger partial charge in [0.2, 0.25) is 11.8 Å². The van der Waals surface area contributed by atoms with E-state index in [1.807, 2.05) is 32.9 Å². The molecule has 1 aliphatic carbocycles. The van der Waals surface area contributed by atoms with Crippen LogP contribution in [-0.4, -0.2) is 92.3 Å². The van der Waals surface area contributed by atoms with Gasteiger partial charge in [0.15, 0.2) is 5.72 Å². The third-order valence-corrected chi connectivity index (χ3v) is 10.7. The molecule has 0 aromatic heterocycles. The predicted molar refractivity (Wildman–Crippen MR) is 180 cm³/mol. The van der Waals surface area contributed by atoms with E-state index in [4.69, 9.17) is 30.5 Å². The van der Waals surface area contributed by atoms with Crippen LogP contribution in [0.2, 0.25) is 5.02 Å². The van der Waals surface area contributed by atoms with Gasteiger partial charge >= 0.3 is 12.1 Å². The van der Waals surface area contributed by atoms with Gasteiger partial charge in [0.1, 0.15) is 35.1 Å². The second kappa shape index (κ2) is 14.5. The molecule has 2 fully saturated rings. The van der Waals surface area contributed by atoms with Crippen LogP contribution >= 0.6 is 11.6 Å². The summed E-state index contributed by atoms with van der Waals surface area (Å²) in [6.45, 7) is 8.71. The zero-order valence-electron chi connectivity index (χ0n) is 29.2. The van der Waals surface area contributed by atoms with E-state index in [1.54, 1.807) is 32.2 Å². The van der Waals surface area contributed by atoms with Gasteiger partial charge < -0.3 is 33.9 Å². The van der Waals surface area contributed by atoms with E-state index in [2.05, 4.69) is 5.32 Å². The van der Waals surface area contributed by atoms with E-state index < -0.39 is 47.6 Å². The van der Waals surface area contributed by atoms with Gasteiger partial charge in [-0.1, -0.05) is 49.2 Å². The number of methoxy groups -OCH3 is 2. The fourth-order valence-electron chi connectivity index (χ4n) is 6.83. The zero-order valence-corrected chi connectivity index (χ0v) is 29.9. The average molecular weight is 690 g/mol. The highest BCUT2D eigenvalue weighted by molar-refractivity contribution is 6.35. The summed E-state index contributed by atoms with van der Waals surface area (Å²) in [4.78, 5) is 55.0. The van der Waals surface area contributed by atoms with Crippen molar-refractivity contribution in [2.24, 2.45) is 17.3 Å². The number of carbonyl (C=O) groups excluding carboxylic acids is 4. The van der Waals surface area contributed by atoms with E-state index in [-0.39, 0.29) is 41.5 Å². The number of halogens is 1. The Balaban J connectivity index is 1.80. The molecular weight excluding hydrogens is 642 g/mol. The molecule has 1 aromatic rings. The topological polar surface area (TPSA) is 144 Å². The van der Waals surface area contributed by atoms with Crippen molar-refractivity contribution in [2.45, 2.75) is 90.4 Å². The highest BCUT2D eigenvalue weighted by atomic mass is 35.5. The number of benzene rings is 1. The van der Waals surface area contributed by atoms with Crippen molar-refractivity contribution < 1.29 is 43.2 Å². The lowest BCUT2D eigenvalue weighted by atomic mass is 9.83. The number of likely N-dealkylation sites (N-methyl/N-ethyl adjacent to an activating group) is 1. The Labute approximate surface area is 287 Å². The molecule has 3 aliphatic rings. The summed E-state index contributed by atoms with van der Waals surface area (Å²) < 4.78 is 23.0. The van der Waals surface area contributed by atoms with Crippen LogP contribution in [0.15, 0.2) is 35.9 Å². The molecule has 2 heterocycles. The van der Waals surface area contributed by atoms with Crippen molar-refractivity contribution in [3.8, 4) is 5.75 Å². The van der Waals surface area contributed by atoms with E-state index in [0.29, 0.717) is 24.3 Å². The number of allylic oxidation sites excluding steroid dienone is 3. The minimum Gasteiger partial charge on any atom is -0.495 e. The number of nitrogens with zero attached hydrogens (tertiary/aromatic N) is 2. The number of nitrogens with one attached hydrogen (secondary N) is 1. The van der Waals surface area contributed by atoms with Crippen LogP contribution in [0, 0.1) is 17.3 Å². The number of alkyl carbamates (subject to hydrolysis) is 1. The Morgan fingerprint density at radius 3 is 2.54 bits per heavy atom. The molecule has 0 spiro atoms. The fraction of sp³-hybridized carbons (Fsp3) is 0.600. The minimum absolute atomic E-state index is 0.0364. The minimum atomic E-state index is -1.76. The normalized spacial score (nSPS) is 33.2. The van der Waals surface area contributed by atoms with Crippen LogP contribution in [0.3, 0.4) is 0 Å². The van der Waals surface area contributed by atoms with Gasteiger partial charge in [-0.15, -0.1) is 0 Å². The van der Waals surface area contributed by atoms with Crippen LogP contribution in [-0.2, 0) is 35.0 Å². The Morgan fingerprint density at radius 1 is 1.23 bits per heavy atom. The first-order chi connectivity index (χ1) is 22.4. The molecule has 12 nitrogen and oxygen atoms in total. The molecule has 2 aliphatic heterocycles. The summed E-state index contributed by atoms with van der Waals surface area (Å²) in [6.07, 6.45) is 2.97. The smallest absolute Gasteiger partial charge is 0.409 e. The molecule has 1 saturated carbocycles. The predicted octanol–water partition coefficient (Wildman–Crippen LogP) is 4.40. The second-order valence-corrected chi connectivity index (χ2v) is 14.0. The van der Waals surface area contributed by atoms with Gasteiger partial charge in [0.05, 0.1) is 19.2 Å². The van der Waals surface area contributed by atoms with Crippen molar-refractivity contribution in [3.05, 3.63) is 46.5 Å². The van der Waals surface area contributed by atoms with Crippen molar-refractivity contribution in [2.75, 3.05) is 33.2 Å². The van der Waals surface area contributed by atoms with Crippen LogP contribution in [0.5, 0.6) is 5.75 Å². The number of hydrogen-bond acceptors (Lipinski definition) is 9. The SMILES string of the molecule is COc1cc2cc(c1Cl)N(C)C(=O)C[C@H](OC(=O)[C@H](C)N(C)C(C)=O)[C@@]1(C)C[C@H]1[C@H](C)[C@@H]1C[C@@](O)(NC(=O)O1)[C@H](OC)/C=C/C=C(\C)C2. The van der Waals surface area contributed by atoms with Crippen molar-refractivity contribution in [3.63, 3.8) is 0 Å². The van der Waals surface area contributed by atoms with Gasteiger partial charge in [-0.25, -0.2) is 9.59 Å². The monoisotopic (exact) mass is 689 g/mol. The van der Waals surface area contributed by atoms with Crippen molar-refractivity contribution >= 4 is 41.2 Å². The molecular formula is C35H48ClN3O9. The molecule has 13 heteroatoms. The molecule has 3 amide bonds. The van der Waals surface area contributed by atoms with Gasteiger partial charge in [0.25, 0.3) is 0 Å². The van der Waals surface area contributed by atoms with Gasteiger partial charge in [-0.2, -0.15) is 0 Å². The maximum Gasteiger partial charge on any atom is 0.409 e. The third-order valence-electron chi connectivity index (χ3n) is 10.3. The van der Waals surface area contributed by atoms with Crippen LogP contribution in [0.4, 0.5) is 10.5 Å². The molecule has 0 radical (unpaired) electrons. The number of carbonyl (C=O) groups is 4. The lowest BCUT2D eigenvalue weighted by Gasteiger charge is -2.42. The van der Waals surface area contributed by atoms with Gasteiger partial charge in [-0.05, 0) is 56.2 Å². The standard InChI is InChI=1S/C35H48ClN3O9/c1-19-11-10-12-28(46-9)35(44)18-27(47-33(43)37-35)20(2)24-17-34(24,5)29(48-32(42)21(3)38(6)22(4)40)16-30(41)39(7)25-14-23(13-19)15-26(45-8)31(25)36/h10-12,14-15,20-21,24,27-29,44H,13,16-18H2,1-9H3,(H,37,43)/b12-10+,19-11+/t20-,21-,24-,27-,28+,29-,34-,35-/m0/s1. The Bertz CT molecular complexity index is 1500. The number of amides is 3. The second-order valence-electron chi connectivity index (χ2n) is 13.6. The number of ether oxygens (including phenoxy) is 4. The molecule has 4 bridgehead atoms. The summed E-state index contributed by atoms with van der Waals surface area (Å²) >= 11 is 6.73. The van der Waals surface area contributed by atoms with Gasteiger partial charge in [-0.3, -0.25) is 14.9 Å². The number of anilines is 1. The first kappa shape index (κ1) is 37.2. The maximum absolute atomic E-state index is 14.0. The van der Waals surface area contributed by atoms with Crippen molar-refractivity contribution in [1.29, 1.82) is 0 Å². The van der Waals surface area contributed by atoms with Gasteiger partial charge in [0, 0.05) is 40.0 Å². The number of aliphatic hydroxyl groups is 1. The van der Waals surface area contributed by atoms with Crippen molar-refractivity contribution in [1.82, 2.24) is 10.2 Å². The summed E-state index contributed by atoms with van der Waals surface area (Å²) in [5.74, 6) is -1.34. The molecule has 4 rings (SSSR count). The molecule has 2 N–H and O–H groups in total. The summed E-state index contributed by atoms with van der Waals surface area (Å²) in [5.41, 5.74) is -0.234. The molecule has 0 unspecified atom stereocenters. The number of hydrogen-bond donors (Lipinski definition) is 2. The molecule has 48 heavy (non-hydrogen) atoms. The van der Waals surface area contributed by atoms with Crippen LogP contribution in [0.1, 0.15) is 59.4 Å². The summed E-state index contributed by atoms with van der Waals surface area (Å²) in [6, 6.07) is 2.74. The van der Waals surface area contributed by atoms with Crippen LogP contribution < -0.4 is 15.0 Å². The first-order valence-corrected chi connectivity index (χ1v) is 16.5. The molecule has 8 atom stereocenters. The molecule has 1 aromatic carbocycles. The number of fused-ring (bicyclic) bond motifs is 5. The Kier molecular flexibility index (Phi) is 11.2. The lowest BCUT2D eigenvalue weighted by molar-refractivity contribution is -0.162. The average Bonchev–Trinajstić information content (AvgIpc) is 3.73. The third kappa shape index (κ3) is 7.66. The fourth-order valence-corrected chi connectivity index (χ4v) is 7.14. The van der Waals surface area contributed by atoms with Crippen LogP contribution in [0.25, 0.3) is 0 Å². The summed E-state index contributed by atoms with van der Waals surface area (Å²) in [5, 5.41) is 14.5. The molecule has 264 valence electrons. The van der Waals surface area contributed by atoms with E-state index in [0.717, 1.165) is 11.1 Å². The van der Waals surface area contributed by atoms with E-state index in [9.17, 15) is 24.3 Å². The number of esters is 1. The highest BCUT2D eigenvalue weighted by Crippen LogP contribution is 2.61. The first-order valence-electron chi connectivity index (χ1n) is 16.1.